The molecule has 1 saturated carbocycles. The lowest BCUT2D eigenvalue weighted by atomic mass is 9.86. The van der Waals surface area contributed by atoms with E-state index in [1.807, 2.05) is 0 Å². The third-order valence-electron chi connectivity index (χ3n) is 3.24. The van der Waals surface area contributed by atoms with Gasteiger partial charge in [0, 0.05) is 6.42 Å². The maximum Gasteiger partial charge on any atom is 0.317 e. The Morgan fingerprint density at radius 1 is 1.38 bits per heavy atom. The quantitative estimate of drug-likeness (QED) is 0.232. The molecule has 2 aliphatic rings. The Bertz CT molecular complexity index is 289. The smallest absolute Gasteiger partial charge is 0.317 e. The molecule has 6 nitrogen and oxygen atoms in total. The third-order valence-corrected chi connectivity index (χ3v) is 3.24. The first-order valence-electron chi connectivity index (χ1n) is 5.29. The van der Waals surface area contributed by atoms with Gasteiger partial charge in [-0.3, -0.25) is 9.59 Å². The van der Waals surface area contributed by atoms with E-state index in [0.717, 1.165) is 12.8 Å². The molecule has 2 fully saturated rings. The van der Waals surface area contributed by atoms with Crippen molar-refractivity contribution in [2.45, 2.75) is 19.3 Å². The Morgan fingerprint density at radius 2 is 2.19 bits per heavy atom. The van der Waals surface area contributed by atoms with Crippen molar-refractivity contribution >= 4 is 11.9 Å². The number of esters is 2. The molecule has 90 valence electrons. The lowest BCUT2D eigenvalue weighted by molar-refractivity contribution is -0.505. The largest absolute Gasteiger partial charge is 0.393 e. The maximum atomic E-state index is 11.6. The van der Waals surface area contributed by atoms with Gasteiger partial charge >= 0.3 is 11.9 Å². The van der Waals surface area contributed by atoms with Crippen LogP contribution in [0.4, 0.5) is 0 Å². The van der Waals surface area contributed by atoms with Gasteiger partial charge in [-0.15, -0.1) is 0 Å². The Kier molecular flexibility index (Phi) is 3.52. The molecule has 3 unspecified atom stereocenters. The highest BCUT2D eigenvalue weighted by Crippen LogP contribution is 2.42. The number of fused-ring (bicyclic) bond motifs is 1. The second-order valence-electron chi connectivity index (χ2n) is 4.14. The van der Waals surface area contributed by atoms with Crippen molar-refractivity contribution < 1.29 is 29.1 Å². The Hall–Kier alpha value is -0.980. The van der Waals surface area contributed by atoms with Crippen molar-refractivity contribution in [3.63, 3.8) is 0 Å². The van der Waals surface area contributed by atoms with Crippen LogP contribution in [-0.2, 0) is 29.1 Å². The number of rotatable bonds is 4. The van der Waals surface area contributed by atoms with Crippen LogP contribution in [0, 0.1) is 17.8 Å². The zero-order valence-corrected chi connectivity index (χ0v) is 9.01. The van der Waals surface area contributed by atoms with Crippen LogP contribution in [0.3, 0.4) is 0 Å². The van der Waals surface area contributed by atoms with Crippen LogP contribution in [0.25, 0.3) is 0 Å². The molecule has 1 aliphatic heterocycles. The van der Waals surface area contributed by atoms with E-state index in [4.69, 9.17) is 4.89 Å². The second kappa shape index (κ2) is 4.90. The van der Waals surface area contributed by atoms with Gasteiger partial charge in [-0.1, -0.05) is 5.04 Å². The molecule has 2 rings (SSSR count). The molecule has 0 radical (unpaired) electrons. The fraction of sp³-hybridized carbons (Fsp3) is 0.800. The number of carbonyl (C=O) groups excluding carboxylic acids is 2. The molecule has 0 amide bonds. The molecule has 6 heteroatoms. The summed E-state index contributed by atoms with van der Waals surface area (Å²) < 4.78 is 4.63. The van der Waals surface area contributed by atoms with Crippen molar-refractivity contribution in [2.75, 3.05) is 13.7 Å². The molecule has 1 aliphatic carbocycles. The minimum absolute atomic E-state index is 0.0424. The molecule has 0 spiro atoms. The van der Waals surface area contributed by atoms with Crippen molar-refractivity contribution in [1.29, 1.82) is 0 Å². The summed E-state index contributed by atoms with van der Waals surface area (Å²) in [5, 5.41) is 4.31. The monoisotopic (exact) mass is 230 g/mol. The SMILES string of the molecule is COOOCC1CCC2CC(=O)OC(=O)C12. The molecule has 16 heavy (non-hydrogen) atoms. The number of hydrogen-bond donors (Lipinski definition) is 0. The van der Waals surface area contributed by atoms with E-state index in [2.05, 4.69) is 14.7 Å². The van der Waals surface area contributed by atoms with Crippen LogP contribution in [0.15, 0.2) is 0 Å². The average molecular weight is 230 g/mol. The third kappa shape index (κ3) is 2.23. The second-order valence-corrected chi connectivity index (χ2v) is 4.14. The summed E-state index contributed by atoms with van der Waals surface area (Å²) in [4.78, 5) is 31.7. The first-order chi connectivity index (χ1) is 7.72. The Balaban J connectivity index is 1.92. The molecular weight excluding hydrogens is 216 g/mol. The van der Waals surface area contributed by atoms with Gasteiger partial charge in [0.15, 0.2) is 0 Å². The summed E-state index contributed by atoms with van der Waals surface area (Å²) in [6, 6.07) is 0. The summed E-state index contributed by atoms with van der Waals surface area (Å²) >= 11 is 0. The van der Waals surface area contributed by atoms with E-state index < -0.39 is 11.9 Å². The lowest BCUT2D eigenvalue weighted by Gasteiger charge is -2.25. The zero-order chi connectivity index (χ0) is 11.5. The predicted molar refractivity (Wildman–Crippen MR) is 49.5 cm³/mol. The minimum Gasteiger partial charge on any atom is -0.393 e. The molecule has 0 bridgehead atoms. The van der Waals surface area contributed by atoms with Crippen LogP contribution < -0.4 is 0 Å². The van der Waals surface area contributed by atoms with Gasteiger partial charge in [0.1, 0.15) is 0 Å². The molecule has 3 atom stereocenters. The standard InChI is InChI=1S/C10H14O6/c1-13-16-14-5-7-3-2-6-4-8(11)15-10(12)9(6)7/h6-7,9H,2-5H2,1H3. The Labute approximate surface area is 92.6 Å². The van der Waals surface area contributed by atoms with Gasteiger partial charge < -0.3 is 4.74 Å². The van der Waals surface area contributed by atoms with Gasteiger partial charge in [0.25, 0.3) is 0 Å². The maximum absolute atomic E-state index is 11.6. The van der Waals surface area contributed by atoms with Gasteiger partial charge in [-0.25, -0.2) is 9.78 Å². The molecular formula is C10H14O6. The van der Waals surface area contributed by atoms with Crippen LogP contribution >= 0.6 is 0 Å². The predicted octanol–water partition coefficient (Wildman–Crippen LogP) is 0.612. The van der Waals surface area contributed by atoms with Gasteiger partial charge in [0.2, 0.25) is 0 Å². The highest BCUT2D eigenvalue weighted by molar-refractivity contribution is 5.90. The van der Waals surface area contributed by atoms with E-state index >= 15 is 0 Å². The van der Waals surface area contributed by atoms with Crippen LogP contribution in [0.2, 0.25) is 0 Å². The van der Waals surface area contributed by atoms with Gasteiger partial charge in [-0.2, -0.15) is 0 Å². The first-order valence-corrected chi connectivity index (χ1v) is 5.29. The fourth-order valence-electron chi connectivity index (χ4n) is 2.57. The van der Waals surface area contributed by atoms with E-state index in [9.17, 15) is 9.59 Å². The normalized spacial score (nSPS) is 33.7. The Morgan fingerprint density at radius 3 is 2.94 bits per heavy atom. The minimum atomic E-state index is -0.426. The number of cyclic esters (lactones) is 2. The highest BCUT2D eigenvalue weighted by atomic mass is 17.5. The summed E-state index contributed by atoms with van der Waals surface area (Å²) in [5.74, 6) is -0.936. The van der Waals surface area contributed by atoms with Crippen LogP contribution in [0.5, 0.6) is 0 Å². The molecule has 0 aromatic carbocycles. The molecule has 0 aromatic heterocycles. The molecule has 1 saturated heterocycles. The zero-order valence-electron chi connectivity index (χ0n) is 9.01. The molecule has 0 N–H and O–H groups in total. The average Bonchev–Trinajstić information content (AvgIpc) is 2.62. The molecule has 1 heterocycles. The first kappa shape index (κ1) is 11.5. The van der Waals surface area contributed by atoms with Crippen LogP contribution in [0.1, 0.15) is 19.3 Å². The fourth-order valence-corrected chi connectivity index (χ4v) is 2.57. The van der Waals surface area contributed by atoms with Gasteiger partial charge in [-0.05, 0) is 24.7 Å². The number of hydrogen-bond acceptors (Lipinski definition) is 6. The van der Waals surface area contributed by atoms with Gasteiger partial charge in [0.05, 0.1) is 19.6 Å². The molecule has 0 aromatic rings. The van der Waals surface area contributed by atoms with E-state index in [0.29, 0.717) is 6.42 Å². The van der Waals surface area contributed by atoms with Crippen molar-refractivity contribution in [3.8, 4) is 0 Å². The topological polar surface area (TPSA) is 71.1 Å². The number of ether oxygens (including phenoxy) is 1. The summed E-state index contributed by atoms with van der Waals surface area (Å²) in [6.45, 7) is 0.276. The highest BCUT2D eigenvalue weighted by Gasteiger charge is 2.47. The van der Waals surface area contributed by atoms with Crippen molar-refractivity contribution in [3.05, 3.63) is 0 Å². The van der Waals surface area contributed by atoms with E-state index in [1.54, 1.807) is 0 Å². The summed E-state index contributed by atoms with van der Waals surface area (Å²) in [6.07, 6.45) is 2.02. The summed E-state index contributed by atoms with van der Waals surface area (Å²) in [7, 11) is 1.34. The van der Waals surface area contributed by atoms with E-state index in [-0.39, 0.29) is 24.4 Å². The lowest BCUT2D eigenvalue weighted by Crippen LogP contribution is -2.36. The van der Waals surface area contributed by atoms with Crippen molar-refractivity contribution in [2.24, 2.45) is 17.8 Å². The van der Waals surface area contributed by atoms with E-state index in [1.165, 1.54) is 7.11 Å². The summed E-state index contributed by atoms with van der Waals surface area (Å²) in [5.41, 5.74) is 0. The van der Waals surface area contributed by atoms with Crippen LogP contribution in [-0.4, -0.2) is 25.7 Å². The number of carbonyl (C=O) groups is 2. The van der Waals surface area contributed by atoms with Crippen molar-refractivity contribution in [1.82, 2.24) is 0 Å².